The third-order valence-corrected chi connectivity index (χ3v) is 5.27. The fourth-order valence-electron chi connectivity index (χ4n) is 1.72. The van der Waals surface area contributed by atoms with Gasteiger partial charge in [-0.05, 0) is 28.1 Å². The highest BCUT2D eigenvalue weighted by atomic mass is 79.9. The third-order valence-electron chi connectivity index (χ3n) is 2.53. The highest BCUT2D eigenvalue weighted by Crippen LogP contribution is 2.33. The first kappa shape index (κ1) is 15.7. The maximum Gasteiger partial charge on any atom is 0.263 e. The Balaban J connectivity index is 2.71. The normalized spacial score (nSPS) is 11.3. The maximum absolute atomic E-state index is 12.5. The van der Waals surface area contributed by atoms with E-state index in [0.29, 0.717) is 10.0 Å². The highest BCUT2D eigenvalue weighted by Gasteiger charge is 2.25. The Kier molecular flexibility index (Phi) is 4.69. The summed E-state index contributed by atoms with van der Waals surface area (Å²) >= 11 is 6.36. The standard InChI is InChI=1S/C13H7Br2ClO3S/c14-9-6-10(12(17)8-4-2-1-3-5-8)13(11(15)7-9)20(16,18)19/h1-7H. The fraction of sp³-hybridized carbons (Fsp3) is 0. The quantitative estimate of drug-likeness (QED) is 0.528. The van der Waals surface area contributed by atoms with Crippen LogP contribution in [0.5, 0.6) is 0 Å². The second-order valence-electron chi connectivity index (χ2n) is 3.90. The van der Waals surface area contributed by atoms with Crippen molar-refractivity contribution in [1.82, 2.24) is 0 Å². The number of hydrogen-bond donors (Lipinski definition) is 0. The molecule has 3 nitrogen and oxygen atoms in total. The molecule has 0 bridgehead atoms. The maximum atomic E-state index is 12.5. The molecule has 0 saturated heterocycles. The van der Waals surface area contributed by atoms with E-state index in [1.807, 2.05) is 0 Å². The van der Waals surface area contributed by atoms with Gasteiger partial charge >= 0.3 is 0 Å². The zero-order chi connectivity index (χ0) is 14.9. The minimum atomic E-state index is -4.05. The summed E-state index contributed by atoms with van der Waals surface area (Å²) < 4.78 is 24.2. The predicted octanol–water partition coefficient (Wildman–Crippen LogP) is 4.37. The summed E-state index contributed by atoms with van der Waals surface area (Å²) in [4.78, 5) is 12.2. The molecule has 2 aromatic carbocycles. The molecule has 0 N–H and O–H groups in total. The van der Waals surface area contributed by atoms with Gasteiger partial charge in [0.1, 0.15) is 4.90 Å². The summed E-state index contributed by atoms with van der Waals surface area (Å²) in [5.41, 5.74) is 0.409. The van der Waals surface area contributed by atoms with Gasteiger partial charge in [0.15, 0.2) is 5.78 Å². The van der Waals surface area contributed by atoms with Gasteiger partial charge in [-0.25, -0.2) is 8.42 Å². The summed E-state index contributed by atoms with van der Waals surface area (Å²) in [7, 11) is 1.38. The van der Waals surface area contributed by atoms with Crippen molar-refractivity contribution in [3.05, 3.63) is 62.5 Å². The fourth-order valence-corrected chi connectivity index (χ4v) is 5.07. The van der Waals surface area contributed by atoms with E-state index in [-0.39, 0.29) is 14.9 Å². The lowest BCUT2D eigenvalue weighted by molar-refractivity contribution is 0.103. The van der Waals surface area contributed by atoms with E-state index in [2.05, 4.69) is 31.9 Å². The van der Waals surface area contributed by atoms with Crippen molar-refractivity contribution in [3.63, 3.8) is 0 Å². The molecule has 7 heteroatoms. The van der Waals surface area contributed by atoms with Crippen LogP contribution in [0.3, 0.4) is 0 Å². The van der Waals surface area contributed by atoms with Crippen molar-refractivity contribution >= 4 is 57.4 Å². The first-order chi connectivity index (χ1) is 9.30. The molecule has 2 aromatic rings. The Labute approximate surface area is 137 Å². The molecule has 2 rings (SSSR count). The van der Waals surface area contributed by atoms with Crippen LogP contribution < -0.4 is 0 Å². The van der Waals surface area contributed by atoms with Crippen LogP contribution in [0.25, 0.3) is 0 Å². The zero-order valence-corrected chi connectivity index (χ0v) is 14.6. The zero-order valence-electron chi connectivity index (χ0n) is 9.81. The van der Waals surface area contributed by atoms with Gasteiger partial charge in [0.25, 0.3) is 9.05 Å². The van der Waals surface area contributed by atoms with Crippen LogP contribution in [0.1, 0.15) is 15.9 Å². The lowest BCUT2D eigenvalue weighted by Gasteiger charge is -2.09. The van der Waals surface area contributed by atoms with Crippen LogP contribution in [0, 0.1) is 0 Å². The van der Waals surface area contributed by atoms with E-state index in [9.17, 15) is 13.2 Å². The molecule has 0 saturated carbocycles. The van der Waals surface area contributed by atoms with Crippen LogP contribution in [0.2, 0.25) is 0 Å². The first-order valence-electron chi connectivity index (χ1n) is 5.34. The summed E-state index contributed by atoms with van der Waals surface area (Å²) in [6, 6.07) is 11.4. The van der Waals surface area contributed by atoms with Gasteiger partial charge < -0.3 is 0 Å². The summed E-state index contributed by atoms with van der Waals surface area (Å²) in [5.74, 6) is -0.410. The molecule has 0 atom stereocenters. The number of carbonyl (C=O) groups excluding carboxylic acids is 1. The molecule has 0 aliphatic heterocycles. The van der Waals surface area contributed by atoms with Crippen LogP contribution in [-0.2, 0) is 9.05 Å². The molecule has 0 fully saturated rings. The average molecular weight is 439 g/mol. The smallest absolute Gasteiger partial charge is 0.263 e. The van der Waals surface area contributed by atoms with Crippen molar-refractivity contribution in [2.24, 2.45) is 0 Å². The number of rotatable bonds is 3. The topological polar surface area (TPSA) is 51.2 Å². The molecule has 0 aromatic heterocycles. The summed E-state index contributed by atoms with van der Waals surface area (Å²) in [6.45, 7) is 0. The molecule has 0 aliphatic rings. The van der Waals surface area contributed by atoms with Crippen molar-refractivity contribution in [2.75, 3.05) is 0 Å². The second kappa shape index (κ2) is 5.97. The van der Waals surface area contributed by atoms with Crippen molar-refractivity contribution in [3.8, 4) is 0 Å². The molecule has 0 unspecified atom stereocenters. The van der Waals surface area contributed by atoms with E-state index in [4.69, 9.17) is 10.7 Å². The van der Waals surface area contributed by atoms with Gasteiger partial charge in [-0.1, -0.05) is 46.3 Å². The molecule has 104 valence electrons. The molecule has 0 heterocycles. The number of ketones is 1. The van der Waals surface area contributed by atoms with Gasteiger partial charge in [0, 0.05) is 30.8 Å². The average Bonchev–Trinajstić information content (AvgIpc) is 2.36. The minimum Gasteiger partial charge on any atom is -0.289 e. The largest absolute Gasteiger partial charge is 0.289 e. The Morgan fingerprint density at radius 1 is 1.05 bits per heavy atom. The van der Waals surface area contributed by atoms with E-state index in [0.717, 1.165) is 0 Å². The number of hydrogen-bond acceptors (Lipinski definition) is 3. The van der Waals surface area contributed by atoms with Crippen molar-refractivity contribution in [1.29, 1.82) is 0 Å². The molecule has 0 amide bonds. The van der Waals surface area contributed by atoms with E-state index in [1.54, 1.807) is 30.3 Å². The monoisotopic (exact) mass is 436 g/mol. The van der Waals surface area contributed by atoms with Crippen LogP contribution in [0.4, 0.5) is 0 Å². The molecule has 0 aliphatic carbocycles. The van der Waals surface area contributed by atoms with Crippen LogP contribution in [0.15, 0.2) is 56.3 Å². The van der Waals surface area contributed by atoms with Gasteiger partial charge in [0.05, 0.1) is 0 Å². The first-order valence-corrected chi connectivity index (χ1v) is 9.23. The van der Waals surface area contributed by atoms with Crippen molar-refractivity contribution in [2.45, 2.75) is 4.90 Å². The lowest BCUT2D eigenvalue weighted by Crippen LogP contribution is -2.08. The Hall–Kier alpha value is -0.690. The lowest BCUT2D eigenvalue weighted by atomic mass is 10.0. The van der Waals surface area contributed by atoms with Gasteiger partial charge in [-0.2, -0.15) is 0 Å². The van der Waals surface area contributed by atoms with Crippen molar-refractivity contribution < 1.29 is 13.2 Å². The predicted molar refractivity (Wildman–Crippen MR) is 84.8 cm³/mol. The Bertz CT molecular complexity index is 774. The minimum absolute atomic E-state index is 0.0208. The van der Waals surface area contributed by atoms with Gasteiger partial charge in [-0.15, -0.1) is 0 Å². The molecule has 0 radical (unpaired) electrons. The second-order valence-corrected chi connectivity index (χ2v) is 8.17. The summed E-state index contributed by atoms with van der Waals surface area (Å²) in [5, 5.41) is 0. The third kappa shape index (κ3) is 3.31. The van der Waals surface area contributed by atoms with Crippen LogP contribution in [-0.4, -0.2) is 14.2 Å². The molecular weight excluding hydrogens is 431 g/mol. The highest BCUT2D eigenvalue weighted by molar-refractivity contribution is 9.11. The number of carbonyl (C=O) groups is 1. The Morgan fingerprint density at radius 3 is 2.20 bits per heavy atom. The van der Waals surface area contributed by atoms with E-state index < -0.39 is 14.8 Å². The number of halogens is 3. The Morgan fingerprint density at radius 2 is 1.65 bits per heavy atom. The summed E-state index contributed by atoms with van der Waals surface area (Å²) in [6.07, 6.45) is 0. The number of benzene rings is 2. The molecule has 20 heavy (non-hydrogen) atoms. The molecule has 0 spiro atoms. The van der Waals surface area contributed by atoms with Gasteiger partial charge in [-0.3, -0.25) is 4.79 Å². The van der Waals surface area contributed by atoms with Gasteiger partial charge in [0.2, 0.25) is 0 Å². The van der Waals surface area contributed by atoms with E-state index >= 15 is 0 Å². The SMILES string of the molecule is O=C(c1ccccc1)c1cc(Br)cc(Br)c1S(=O)(=O)Cl. The van der Waals surface area contributed by atoms with Crippen LogP contribution >= 0.6 is 42.5 Å². The molecular formula is C13H7Br2ClO3S. The van der Waals surface area contributed by atoms with E-state index in [1.165, 1.54) is 12.1 Å².